The van der Waals surface area contributed by atoms with Crippen molar-refractivity contribution in [2.75, 3.05) is 11.9 Å². The van der Waals surface area contributed by atoms with Crippen LogP contribution in [0.2, 0.25) is 0 Å². The minimum atomic E-state index is -0.0765. The number of hydrogen-bond donors (Lipinski definition) is 2. The van der Waals surface area contributed by atoms with Crippen LogP contribution >= 0.6 is 11.3 Å². The number of anilines is 1. The second-order valence-electron chi connectivity index (χ2n) is 3.00. The Bertz CT molecular complexity index is 298. The predicted molar refractivity (Wildman–Crippen MR) is 58.4 cm³/mol. The molecule has 0 saturated heterocycles. The first-order chi connectivity index (χ1) is 6.72. The molecule has 0 fully saturated rings. The molecule has 0 radical (unpaired) electrons. The van der Waals surface area contributed by atoms with Gasteiger partial charge in [0.05, 0.1) is 5.69 Å². The smallest absolute Gasteiger partial charge is 0.223 e. The van der Waals surface area contributed by atoms with Gasteiger partial charge in [0, 0.05) is 18.8 Å². The van der Waals surface area contributed by atoms with Gasteiger partial charge in [-0.15, -0.1) is 11.3 Å². The maximum absolute atomic E-state index is 10.7. The molecular formula is C9H15N3OS. The molecule has 1 aromatic rings. The maximum atomic E-state index is 10.7. The van der Waals surface area contributed by atoms with Crippen LogP contribution in [0, 0.1) is 0 Å². The van der Waals surface area contributed by atoms with Crippen LogP contribution in [0.1, 0.15) is 26.0 Å². The van der Waals surface area contributed by atoms with Gasteiger partial charge in [0.25, 0.3) is 0 Å². The van der Waals surface area contributed by atoms with E-state index >= 15 is 0 Å². The predicted octanol–water partition coefficient (Wildman–Crippen LogP) is 1.60. The third kappa shape index (κ3) is 3.85. The van der Waals surface area contributed by atoms with E-state index in [1.807, 2.05) is 5.38 Å². The SMILES string of the molecule is CCCNCc1csc(NC(C)=O)n1. The highest BCUT2D eigenvalue weighted by atomic mass is 32.1. The van der Waals surface area contributed by atoms with Crippen molar-refractivity contribution in [1.29, 1.82) is 0 Å². The number of thiazole rings is 1. The third-order valence-electron chi connectivity index (χ3n) is 1.57. The number of amides is 1. The first kappa shape index (κ1) is 11.1. The lowest BCUT2D eigenvalue weighted by Crippen LogP contribution is -2.14. The molecule has 0 unspecified atom stereocenters. The lowest BCUT2D eigenvalue weighted by atomic mass is 10.4. The zero-order chi connectivity index (χ0) is 10.4. The van der Waals surface area contributed by atoms with Gasteiger partial charge >= 0.3 is 0 Å². The van der Waals surface area contributed by atoms with Gasteiger partial charge in [-0.3, -0.25) is 4.79 Å². The summed E-state index contributed by atoms with van der Waals surface area (Å²) < 4.78 is 0. The largest absolute Gasteiger partial charge is 0.311 e. The minimum absolute atomic E-state index is 0.0765. The van der Waals surface area contributed by atoms with Crippen molar-refractivity contribution in [2.45, 2.75) is 26.8 Å². The summed E-state index contributed by atoms with van der Waals surface area (Å²) in [5.41, 5.74) is 0.979. The molecule has 5 heteroatoms. The molecule has 1 amide bonds. The Labute approximate surface area is 87.7 Å². The standard InChI is InChI=1S/C9H15N3OS/c1-3-4-10-5-8-6-14-9(12-8)11-7(2)13/h6,10H,3-5H2,1-2H3,(H,11,12,13). The second-order valence-corrected chi connectivity index (χ2v) is 3.86. The Balaban J connectivity index is 2.38. The van der Waals surface area contributed by atoms with E-state index in [1.54, 1.807) is 0 Å². The van der Waals surface area contributed by atoms with Crippen LogP contribution in [0.15, 0.2) is 5.38 Å². The molecule has 0 saturated carbocycles. The molecule has 4 nitrogen and oxygen atoms in total. The van der Waals surface area contributed by atoms with Gasteiger partial charge in [0.2, 0.25) is 5.91 Å². The summed E-state index contributed by atoms with van der Waals surface area (Å²) in [6.07, 6.45) is 1.11. The fourth-order valence-electron chi connectivity index (χ4n) is 0.989. The second kappa shape index (κ2) is 5.72. The molecule has 0 aromatic carbocycles. The molecule has 14 heavy (non-hydrogen) atoms. The number of nitrogens with one attached hydrogen (secondary N) is 2. The molecule has 1 aromatic heterocycles. The summed E-state index contributed by atoms with van der Waals surface area (Å²) >= 11 is 1.45. The van der Waals surface area contributed by atoms with E-state index in [-0.39, 0.29) is 5.91 Å². The van der Waals surface area contributed by atoms with Gasteiger partial charge in [0.15, 0.2) is 5.13 Å². The molecule has 0 bridgehead atoms. The zero-order valence-corrected chi connectivity index (χ0v) is 9.28. The van der Waals surface area contributed by atoms with Crippen molar-refractivity contribution in [2.24, 2.45) is 0 Å². The van der Waals surface area contributed by atoms with Crippen LogP contribution < -0.4 is 10.6 Å². The minimum Gasteiger partial charge on any atom is -0.311 e. The summed E-state index contributed by atoms with van der Waals surface area (Å²) in [4.78, 5) is 15.0. The van der Waals surface area contributed by atoms with E-state index < -0.39 is 0 Å². The Morgan fingerprint density at radius 3 is 3.07 bits per heavy atom. The van der Waals surface area contributed by atoms with Crippen LogP contribution in [0.4, 0.5) is 5.13 Å². The van der Waals surface area contributed by atoms with E-state index in [9.17, 15) is 4.79 Å². The first-order valence-corrected chi connectivity index (χ1v) is 5.53. The Hall–Kier alpha value is -0.940. The topological polar surface area (TPSA) is 54.0 Å². The average Bonchev–Trinajstić information content (AvgIpc) is 2.52. The highest BCUT2D eigenvalue weighted by Gasteiger charge is 2.02. The highest BCUT2D eigenvalue weighted by Crippen LogP contribution is 2.14. The summed E-state index contributed by atoms with van der Waals surface area (Å²) in [5, 5.41) is 8.53. The highest BCUT2D eigenvalue weighted by molar-refractivity contribution is 7.13. The number of hydrogen-bond acceptors (Lipinski definition) is 4. The lowest BCUT2D eigenvalue weighted by Gasteiger charge is -1.98. The summed E-state index contributed by atoms with van der Waals surface area (Å²) in [6.45, 7) is 5.37. The van der Waals surface area contributed by atoms with Crippen LogP contribution in [0.3, 0.4) is 0 Å². The molecule has 2 N–H and O–H groups in total. The molecule has 1 heterocycles. The van der Waals surface area contributed by atoms with Gasteiger partial charge in [-0.05, 0) is 13.0 Å². The number of nitrogens with zero attached hydrogens (tertiary/aromatic N) is 1. The summed E-state index contributed by atoms with van der Waals surface area (Å²) in [5.74, 6) is -0.0765. The molecular weight excluding hydrogens is 198 g/mol. The van der Waals surface area contributed by atoms with Crippen molar-refractivity contribution >= 4 is 22.4 Å². The van der Waals surface area contributed by atoms with Gasteiger partial charge in [-0.2, -0.15) is 0 Å². The zero-order valence-electron chi connectivity index (χ0n) is 8.46. The third-order valence-corrected chi connectivity index (χ3v) is 2.37. The van der Waals surface area contributed by atoms with Crippen LogP contribution in [-0.2, 0) is 11.3 Å². The molecule has 0 spiro atoms. The lowest BCUT2D eigenvalue weighted by molar-refractivity contribution is -0.114. The van der Waals surface area contributed by atoms with Crippen LogP contribution in [0.5, 0.6) is 0 Å². The van der Waals surface area contributed by atoms with E-state index in [1.165, 1.54) is 18.3 Å². The van der Waals surface area contributed by atoms with Gasteiger partial charge in [0.1, 0.15) is 0 Å². The molecule has 0 atom stereocenters. The van der Waals surface area contributed by atoms with Gasteiger partial charge in [-0.25, -0.2) is 4.98 Å². The Morgan fingerprint density at radius 2 is 2.43 bits per heavy atom. The van der Waals surface area contributed by atoms with Crippen molar-refractivity contribution < 1.29 is 4.79 Å². The molecule has 0 aliphatic heterocycles. The number of aromatic nitrogens is 1. The molecule has 1 rings (SSSR count). The summed E-state index contributed by atoms with van der Waals surface area (Å²) in [7, 11) is 0. The normalized spacial score (nSPS) is 10.1. The molecule has 78 valence electrons. The van der Waals surface area contributed by atoms with Gasteiger partial charge < -0.3 is 10.6 Å². The van der Waals surface area contributed by atoms with E-state index in [4.69, 9.17) is 0 Å². The number of carbonyl (C=O) groups is 1. The fourth-order valence-corrected chi connectivity index (χ4v) is 1.75. The monoisotopic (exact) mass is 213 g/mol. The molecule has 0 aliphatic carbocycles. The van der Waals surface area contributed by atoms with Crippen molar-refractivity contribution in [3.63, 3.8) is 0 Å². The first-order valence-electron chi connectivity index (χ1n) is 4.65. The number of rotatable bonds is 5. The average molecular weight is 213 g/mol. The van der Waals surface area contributed by atoms with Crippen molar-refractivity contribution in [3.05, 3.63) is 11.1 Å². The van der Waals surface area contributed by atoms with E-state index in [0.29, 0.717) is 5.13 Å². The van der Waals surface area contributed by atoms with Crippen molar-refractivity contribution in [3.8, 4) is 0 Å². The van der Waals surface area contributed by atoms with Crippen LogP contribution in [0.25, 0.3) is 0 Å². The number of carbonyl (C=O) groups excluding carboxylic acids is 1. The Morgan fingerprint density at radius 1 is 1.64 bits per heavy atom. The fraction of sp³-hybridized carbons (Fsp3) is 0.556. The summed E-state index contributed by atoms with van der Waals surface area (Å²) in [6, 6.07) is 0. The quantitative estimate of drug-likeness (QED) is 0.730. The molecule has 0 aliphatic rings. The van der Waals surface area contributed by atoms with E-state index in [2.05, 4.69) is 22.5 Å². The maximum Gasteiger partial charge on any atom is 0.223 e. The Kier molecular flexibility index (Phi) is 4.55. The van der Waals surface area contributed by atoms with E-state index in [0.717, 1.165) is 25.2 Å². The van der Waals surface area contributed by atoms with Crippen molar-refractivity contribution in [1.82, 2.24) is 10.3 Å². The van der Waals surface area contributed by atoms with Crippen LogP contribution in [-0.4, -0.2) is 17.4 Å². The van der Waals surface area contributed by atoms with Gasteiger partial charge in [-0.1, -0.05) is 6.92 Å².